The topological polar surface area (TPSA) is 137 Å². The fourth-order valence-electron chi connectivity index (χ4n) is 3.30. The lowest BCUT2D eigenvalue weighted by Gasteiger charge is -2.30. The van der Waals surface area contributed by atoms with Gasteiger partial charge < -0.3 is 19.7 Å². The molecule has 11 heteroatoms. The Labute approximate surface area is 180 Å². The number of hydrogen-bond donors (Lipinski definition) is 1. The molecule has 10 nitrogen and oxygen atoms in total. The summed E-state index contributed by atoms with van der Waals surface area (Å²) in [5.41, 5.74) is 0.576. The van der Waals surface area contributed by atoms with Crippen LogP contribution in [0.2, 0.25) is 0 Å². The molecule has 0 aliphatic carbocycles. The monoisotopic (exact) mass is 448 g/mol. The summed E-state index contributed by atoms with van der Waals surface area (Å²) >= 11 is 0. The van der Waals surface area contributed by atoms with Gasteiger partial charge in [0, 0.05) is 31.3 Å². The van der Waals surface area contributed by atoms with Gasteiger partial charge in [-0.2, -0.15) is 13.5 Å². The molecular weight excluding hydrogens is 424 g/mol. The second-order valence-corrected chi connectivity index (χ2v) is 8.87. The summed E-state index contributed by atoms with van der Waals surface area (Å²) in [6.45, 7) is 4.02. The third kappa shape index (κ3) is 6.07. The van der Waals surface area contributed by atoms with Crippen LogP contribution >= 0.6 is 0 Å². The average Bonchev–Trinajstić information content (AvgIpc) is 2.73. The van der Waals surface area contributed by atoms with Crippen LogP contribution in [0.25, 0.3) is 0 Å². The van der Waals surface area contributed by atoms with Gasteiger partial charge in [0.1, 0.15) is 22.7 Å². The van der Waals surface area contributed by atoms with Crippen molar-refractivity contribution in [2.75, 3.05) is 19.7 Å². The van der Waals surface area contributed by atoms with Gasteiger partial charge >= 0.3 is 10.1 Å². The number of non-ortho nitro benzene ring substituents is 1. The van der Waals surface area contributed by atoms with Gasteiger partial charge in [-0.3, -0.25) is 10.1 Å². The largest absolute Gasteiger partial charge is 0.493 e. The molecule has 2 aromatic rings. The van der Waals surface area contributed by atoms with Gasteiger partial charge in [0.15, 0.2) is 0 Å². The van der Waals surface area contributed by atoms with E-state index in [2.05, 4.69) is 10.0 Å². The molecule has 31 heavy (non-hydrogen) atoms. The first-order valence-corrected chi connectivity index (χ1v) is 11.1. The fourth-order valence-corrected chi connectivity index (χ4v) is 4.21. The lowest BCUT2D eigenvalue weighted by atomic mass is 9.98. The van der Waals surface area contributed by atoms with Crippen LogP contribution in [-0.4, -0.2) is 44.3 Å². The number of ether oxygens (including phenoxy) is 1. The molecule has 0 saturated carbocycles. The molecule has 0 aromatic heterocycles. The molecule has 1 saturated heterocycles. The quantitative estimate of drug-likeness (QED) is 0.162. The second-order valence-electron chi connectivity index (χ2n) is 7.33. The van der Waals surface area contributed by atoms with Crippen LogP contribution in [-0.2, 0) is 10.1 Å². The molecule has 2 N–H and O–H groups in total. The van der Waals surface area contributed by atoms with Crippen LogP contribution in [0.4, 0.5) is 5.69 Å². The fraction of sp³-hybridized carbons (Fsp3) is 0.350. The molecule has 166 valence electrons. The molecule has 0 unspecified atom stereocenters. The average molecular weight is 449 g/mol. The minimum atomic E-state index is -4.14. The molecule has 0 bridgehead atoms. The third-order valence-electron chi connectivity index (χ3n) is 4.93. The van der Waals surface area contributed by atoms with Gasteiger partial charge in [0.05, 0.1) is 11.5 Å². The maximum atomic E-state index is 12.5. The Morgan fingerprint density at radius 2 is 1.84 bits per heavy atom. The predicted molar refractivity (Wildman–Crippen MR) is 115 cm³/mol. The van der Waals surface area contributed by atoms with Gasteiger partial charge in [-0.15, -0.1) is 0 Å². The zero-order valence-corrected chi connectivity index (χ0v) is 17.8. The van der Waals surface area contributed by atoms with Crippen LogP contribution in [0.3, 0.4) is 0 Å². The number of rotatable bonds is 8. The number of nitro benzene ring substituents is 1. The number of nitrogens with zero attached hydrogens (tertiary/aromatic N) is 3. The Bertz CT molecular complexity index is 1050. The van der Waals surface area contributed by atoms with E-state index in [0.717, 1.165) is 55.8 Å². The summed E-state index contributed by atoms with van der Waals surface area (Å²) < 4.78 is 36.2. The molecule has 0 radical (unpaired) electrons. The highest BCUT2D eigenvalue weighted by molar-refractivity contribution is 7.87. The van der Waals surface area contributed by atoms with Crippen molar-refractivity contribution >= 4 is 22.1 Å². The lowest BCUT2D eigenvalue weighted by molar-refractivity contribution is -0.384. The van der Waals surface area contributed by atoms with E-state index in [1.165, 1.54) is 6.07 Å². The van der Waals surface area contributed by atoms with E-state index in [1.54, 1.807) is 12.4 Å². The van der Waals surface area contributed by atoms with Crippen molar-refractivity contribution in [2.45, 2.75) is 24.7 Å². The summed E-state index contributed by atoms with van der Waals surface area (Å²) in [5.74, 6) is 6.18. The smallest absolute Gasteiger partial charge is 0.339 e. The zero-order chi connectivity index (χ0) is 22.4. The van der Waals surface area contributed by atoms with Crippen LogP contribution in [0.15, 0.2) is 52.5 Å². The van der Waals surface area contributed by atoms with Gasteiger partial charge in [-0.05, 0) is 55.5 Å². The number of benzene rings is 2. The highest BCUT2D eigenvalue weighted by Crippen LogP contribution is 2.27. The van der Waals surface area contributed by atoms with Crippen LogP contribution < -0.4 is 14.8 Å². The van der Waals surface area contributed by atoms with E-state index in [1.807, 2.05) is 13.0 Å². The van der Waals surface area contributed by atoms with Crippen molar-refractivity contribution in [3.8, 4) is 11.5 Å². The van der Waals surface area contributed by atoms with Gasteiger partial charge in [0.25, 0.3) is 5.69 Å². The summed E-state index contributed by atoms with van der Waals surface area (Å²) in [6.07, 6.45) is 3.51. The highest BCUT2D eigenvalue weighted by atomic mass is 32.2. The van der Waals surface area contributed by atoms with Crippen molar-refractivity contribution in [1.82, 2.24) is 4.90 Å². The molecule has 1 aliphatic heterocycles. The van der Waals surface area contributed by atoms with Crippen molar-refractivity contribution in [1.29, 1.82) is 0 Å². The number of nitrogens with two attached hydrogens (primary N) is 1. The lowest BCUT2D eigenvalue weighted by Crippen LogP contribution is -2.34. The molecule has 0 amide bonds. The summed E-state index contributed by atoms with van der Waals surface area (Å²) in [4.78, 5) is 12.0. The molecule has 2 aromatic carbocycles. The third-order valence-corrected chi connectivity index (χ3v) is 6.19. The minimum absolute atomic E-state index is 0.113. The summed E-state index contributed by atoms with van der Waals surface area (Å²) in [5, 5.41) is 14.3. The maximum Gasteiger partial charge on any atom is 0.339 e. The second kappa shape index (κ2) is 9.65. The Morgan fingerprint density at radius 1 is 1.19 bits per heavy atom. The van der Waals surface area contributed by atoms with Crippen molar-refractivity contribution < 1.29 is 22.3 Å². The molecule has 1 heterocycles. The predicted octanol–water partition coefficient (Wildman–Crippen LogP) is 2.66. The molecule has 0 atom stereocenters. The van der Waals surface area contributed by atoms with Gasteiger partial charge in [-0.25, -0.2) is 0 Å². The van der Waals surface area contributed by atoms with E-state index in [4.69, 9.17) is 14.8 Å². The Morgan fingerprint density at radius 3 is 2.45 bits per heavy atom. The normalized spacial score (nSPS) is 15.2. The van der Waals surface area contributed by atoms with E-state index < -0.39 is 15.0 Å². The van der Waals surface area contributed by atoms with Crippen molar-refractivity contribution in [3.63, 3.8) is 0 Å². The van der Waals surface area contributed by atoms with E-state index in [9.17, 15) is 18.5 Å². The number of likely N-dealkylation sites (tertiary alicyclic amines) is 1. The molecule has 1 aliphatic rings. The van der Waals surface area contributed by atoms with Crippen LogP contribution in [0.5, 0.6) is 11.5 Å². The maximum absolute atomic E-state index is 12.5. The van der Waals surface area contributed by atoms with E-state index in [0.29, 0.717) is 18.3 Å². The first kappa shape index (κ1) is 22.3. The molecule has 3 rings (SSSR count). The van der Waals surface area contributed by atoms with Gasteiger partial charge in [-0.1, -0.05) is 0 Å². The van der Waals surface area contributed by atoms with E-state index in [-0.39, 0.29) is 16.3 Å². The van der Waals surface area contributed by atoms with Crippen molar-refractivity contribution in [3.05, 3.63) is 58.1 Å². The number of aryl methyl sites for hydroxylation is 1. The summed E-state index contributed by atoms with van der Waals surface area (Å²) in [6, 6.07) is 9.43. The van der Waals surface area contributed by atoms with E-state index >= 15 is 0 Å². The molecule has 0 spiro atoms. The molecule has 1 fully saturated rings. The number of nitro groups is 1. The molecular formula is C20H24N4O6S. The Balaban J connectivity index is 1.64. The van der Waals surface area contributed by atoms with Crippen molar-refractivity contribution in [2.24, 2.45) is 16.9 Å². The Hall–Kier alpha value is -3.34. The van der Waals surface area contributed by atoms with Crippen LogP contribution in [0, 0.1) is 23.0 Å². The number of hydrogen-bond acceptors (Lipinski definition) is 8. The Kier molecular flexibility index (Phi) is 6.95. The zero-order valence-electron chi connectivity index (χ0n) is 17.0. The number of hydrazone groups is 1. The van der Waals surface area contributed by atoms with Gasteiger partial charge in [0.2, 0.25) is 0 Å². The van der Waals surface area contributed by atoms with Crippen LogP contribution in [0.1, 0.15) is 18.4 Å². The first-order chi connectivity index (χ1) is 14.8. The first-order valence-electron chi connectivity index (χ1n) is 9.68. The number of piperidine rings is 1. The SMILES string of the molecule is Cc1cc(OCC2CCN(C=NN)CC2)cc(OS(=O)(=O)c2ccc([N+](=O)[O-])cc2)c1. The summed E-state index contributed by atoms with van der Waals surface area (Å²) in [7, 11) is -4.14. The highest BCUT2D eigenvalue weighted by Gasteiger charge is 2.20. The standard InChI is InChI=1S/C20H24N4O6S/c1-15-10-18(29-13-16-6-8-23(9-7-16)14-22-21)12-19(11-15)30-31(27,28)20-4-2-17(3-5-20)24(25)26/h2-5,10-12,14,16H,6-9,13,21H2,1H3. The minimum Gasteiger partial charge on any atom is -0.493 e.